The molecule has 3 rings (SSSR count). The monoisotopic (exact) mass is 564 g/mol. The number of hydrogen-bond acceptors (Lipinski definition) is 6. The van der Waals surface area contributed by atoms with E-state index in [1.165, 1.54) is 6.21 Å². The first-order valence-electron chi connectivity index (χ1n) is 11.1. The molecule has 10 heteroatoms. The van der Waals surface area contributed by atoms with Crippen molar-refractivity contribution in [3.8, 4) is 11.5 Å². The first-order valence-corrected chi connectivity index (χ1v) is 11.9. The molecule has 0 aliphatic heterocycles. The van der Waals surface area contributed by atoms with E-state index in [0.29, 0.717) is 35.0 Å². The first kappa shape index (κ1) is 27.2. The lowest BCUT2D eigenvalue weighted by molar-refractivity contribution is -0.136. The van der Waals surface area contributed by atoms with Gasteiger partial charge in [-0.05, 0) is 67.1 Å². The molecule has 3 amide bonds. The van der Waals surface area contributed by atoms with E-state index < -0.39 is 11.8 Å². The quantitative estimate of drug-likeness (QED) is 0.146. The predicted molar refractivity (Wildman–Crippen MR) is 146 cm³/mol. The van der Waals surface area contributed by atoms with Gasteiger partial charge in [0.15, 0.2) is 6.61 Å². The third-order valence-electron chi connectivity index (χ3n) is 4.78. The van der Waals surface area contributed by atoms with Crippen LogP contribution in [0.15, 0.2) is 89.0 Å². The van der Waals surface area contributed by atoms with Crippen molar-refractivity contribution in [2.75, 3.05) is 23.8 Å². The van der Waals surface area contributed by atoms with Crippen LogP contribution in [-0.2, 0) is 14.4 Å². The van der Waals surface area contributed by atoms with Crippen LogP contribution in [0.4, 0.5) is 11.4 Å². The summed E-state index contributed by atoms with van der Waals surface area (Å²) in [5, 5.41) is 9.07. The summed E-state index contributed by atoms with van der Waals surface area (Å²) in [5.74, 6) is -1.19. The Morgan fingerprint density at radius 1 is 0.946 bits per heavy atom. The number of benzene rings is 3. The number of rotatable bonds is 10. The van der Waals surface area contributed by atoms with Crippen molar-refractivity contribution in [3.05, 3.63) is 95.0 Å². The third-order valence-corrected chi connectivity index (χ3v) is 5.67. The summed E-state index contributed by atoms with van der Waals surface area (Å²) in [6.45, 7) is 5.63. The Morgan fingerprint density at radius 2 is 1.68 bits per heavy atom. The summed E-state index contributed by atoms with van der Waals surface area (Å²) in [5.41, 5.74) is 4.74. The van der Waals surface area contributed by atoms with E-state index in [0.717, 1.165) is 10.0 Å². The van der Waals surface area contributed by atoms with Crippen molar-refractivity contribution in [2.24, 2.45) is 5.10 Å². The van der Waals surface area contributed by atoms with Gasteiger partial charge in [0.05, 0.1) is 6.21 Å². The van der Waals surface area contributed by atoms with Gasteiger partial charge in [0.1, 0.15) is 18.1 Å². The maximum Gasteiger partial charge on any atom is 0.329 e. The Bertz CT molecular complexity index is 1310. The molecule has 0 spiro atoms. The van der Waals surface area contributed by atoms with Crippen LogP contribution in [0.1, 0.15) is 11.1 Å². The topological polar surface area (TPSA) is 118 Å². The number of halogens is 1. The Labute approximate surface area is 222 Å². The molecule has 0 aromatic heterocycles. The molecule has 0 saturated heterocycles. The van der Waals surface area contributed by atoms with Crippen LogP contribution in [0, 0.1) is 6.92 Å². The molecular formula is C27H25BrN4O5. The summed E-state index contributed by atoms with van der Waals surface area (Å²) >= 11 is 3.42. The van der Waals surface area contributed by atoms with E-state index in [1.807, 2.05) is 19.1 Å². The molecule has 0 radical (unpaired) electrons. The summed E-state index contributed by atoms with van der Waals surface area (Å²) in [7, 11) is 0. The molecular weight excluding hydrogens is 540 g/mol. The van der Waals surface area contributed by atoms with E-state index in [9.17, 15) is 14.4 Å². The van der Waals surface area contributed by atoms with Crippen LogP contribution in [0.2, 0.25) is 0 Å². The van der Waals surface area contributed by atoms with Crippen LogP contribution >= 0.6 is 15.9 Å². The summed E-state index contributed by atoms with van der Waals surface area (Å²) in [4.78, 5) is 36.5. The third kappa shape index (κ3) is 8.62. The molecule has 0 aliphatic carbocycles. The molecule has 0 unspecified atom stereocenters. The van der Waals surface area contributed by atoms with Gasteiger partial charge >= 0.3 is 11.8 Å². The van der Waals surface area contributed by atoms with Crippen LogP contribution in [0.25, 0.3) is 0 Å². The number of hydrazone groups is 1. The highest BCUT2D eigenvalue weighted by molar-refractivity contribution is 9.10. The molecule has 0 atom stereocenters. The number of carbonyl (C=O) groups excluding carboxylic acids is 3. The Hall–Kier alpha value is -4.44. The normalized spacial score (nSPS) is 10.4. The number of carbonyl (C=O) groups is 3. The van der Waals surface area contributed by atoms with Crippen molar-refractivity contribution in [1.29, 1.82) is 0 Å². The van der Waals surface area contributed by atoms with Crippen LogP contribution in [0.3, 0.4) is 0 Å². The first-order chi connectivity index (χ1) is 17.9. The Kier molecular flexibility index (Phi) is 9.98. The molecule has 0 aliphatic rings. The molecule has 190 valence electrons. The maximum absolute atomic E-state index is 12.3. The second-order valence-corrected chi connectivity index (χ2v) is 8.47. The average molecular weight is 565 g/mol. The summed E-state index contributed by atoms with van der Waals surface area (Å²) in [6.07, 6.45) is 2.94. The van der Waals surface area contributed by atoms with Gasteiger partial charge in [-0.15, -0.1) is 0 Å². The standard InChI is InChI=1S/C27H25BrN4O5/c1-3-14-36-22-11-8-20(9-12-22)31-26(34)27(35)32-29-16-19-6-4-5-7-24(19)37-17-25(33)30-21-10-13-23(28)18(2)15-21/h3-13,15-16H,1,14,17H2,2H3,(H,30,33)(H,31,34)(H,32,35)/b29-16-. The minimum absolute atomic E-state index is 0.230. The fourth-order valence-electron chi connectivity index (χ4n) is 2.97. The number of ether oxygens (including phenoxy) is 2. The van der Waals surface area contributed by atoms with Gasteiger partial charge < -0.3 is 20.1 Å². The lowest BCUT2D eigenvalue weighted by Crippen LogP contribution is -2.32. The molecule has 37 heavy (non-hydrogen) atoms. The van der Waals surface area contributed by atoms with Gasteiger partial charge in [-0.2, -0.15) is 5.10 Å². The molecule has 3 aromatic carbocycles. The predicted octanol–water partition coefficient (Wildman–Crippen LogP) is 4.43. The highest BCUT2D eigenvalue weighted by atomic mass is 79.9. The van der Waals surface area contributed by atoms with Crippen LogP contribution in [-0.4, -0.2) is 37.1 Å². The van der Waals surface area contributed by atoms with E-state index in [1.54, 1.807) is 60.7 Å². The Morgan fingerprint density at radius 3 is 2.41 bits per heavy atom. The largest absolute Gasteiger partial charge is 0.490 e. The van der Waals surface area contributed by atoms with E-state index in [2.05, 4.69) is 43.7 Å². The van der Waals surface area contributed by atoms with Crippen LogP contribution < -0.4 is 25.5 Å². The van der Waals surface area contributed by atoms with E-state index >= 15 is 0 Å². The molecule has 0 heterocycles. The minimum atomic E-state index is -0.953. The van der Waals surface area contributed by atoms with Gasteiger partial charge in [-0.25, -0.2) is 5.43 Å². The van der Waals surface area contributed by atoms with Crippen molar-refractivity contribution in [1.82, 2.24) is 5.43 Å². The zero-order valence-electron chi connectivity index (χ0n) is 20.0. The van der Waals surface area contributed by atoms with Crippen LogP contribution in [0.5, 0.6) is 11.5 Å². The number of para-hydroxylation sites is 1. The fraction of sp³-hybridized carbons (Fsp3) is 0.111. The summed E-state index contributed by atoms with van der Waals surface area (Å²) in [6, 6.07) is 18.8. The summed E-state index contributed by atoms with van der Waals surface area (Å²) < 4.78 is 11.9. The van der Waals surface area contributed by atoms with Gasteiger partial charge in [-0.1, -0.05) is 40.7 Å². The average Bonchev–Trinajstić information content (AvgIpc) is 2.89. The molecule has 0 bridgehead atoms. The van der Waals surface area contributed by atoms with Crippen molar-refractivity contribution < 1.29 is 23.9 Å². The minimum Gasteiger partial charge on any atom is -0.490 e. The van der Waals surface area contributed by atoms with Gasteiger partial charge in [0.25, 0.3) is 5.91 Å². The van der Waals surface area contributed by atoms with Gasteiger partial charge in [0, 0.05) is 21.4 Å². The molecule has 3 aromatic rings. The fourth-order valence-corrected chi connectivity index (χ4v) is 3.22. The van der Waals surface area contributed by atoms with Gasteiger partial charge in [0.2, 0.25) is 0 Å². The maximum atomic E-state index is 12.3. The SMILES string of the molecule is C=CCOc1ccc(NC(=O)C(=O)N/N=C\c2ccccc2OCC(=O)Nc2ccc(Br)c(C)c2)cc1. The lowest BCUT2D eigenvalue weighted by atomic mass is 10.2. The smallest absolute Gasteiger partial charge is 0.329 e. The van der Waals surface area contributed by atoms with E-state index in [4.69, 9.17) is 9.47 Å². The Balaban J connectivity index is 1.50. The second kappa shape index (κ2) is 13.6. The molecule has 0 saturated carbocycles. The molecule has 0 fully saturated rings. The zero-order chi connectivity index (χ0) is 26.6. The van der Waals surface area contributed by atoms with Crippen molar-refractivity contribution in [2.45, 2.75) is 6.92 Å². The molecule has 3 N–H and O–H groups in total. The lowest BCUT2D eigenvalue weighted by Gasteiger charge is -2.10. The van der Waals surface area contributed by atoms with Crippen molar-refractivity contribution >= 4 is 51.2 Å². The second-order valence-electron chi connectivity index (χ2n) is 7.62. The number of aryl methyl sites for hydroxylation is 1. The highest BCUT2D eigenvalue weighted by Gasteiger charge is 2.13. The number of hydrogen-bond donors (Lipinski definition) is 3. The molecule has 9 nitrogen and oxygen atoms in total. The number of anilines is 2. The zero-order valence-corrected chi connectivity index (χ0v) is 21.6. The van der Waals surface area contributed by atoms with Gasteiger partial charge in [-0.3, -0.25) is 14.4 Å². The highest BCUT2D eigenvalue weighted by Crippen LogP contribution is 2.20. The number of nitrogens with zero attached hydrogens (tertiary/aromatic N) is 1. The number of nitrogens with one attached hydrogen (secondary N) is 3. The van der Waals surface area contributed by atoms with E-state index in [-0.39, 0.29) is 12.5 Å². The van der Waals surface area contributed by atoms with Crippen molar-refractivity contribution in [3.63, 3.8) is 0 Å². The number of amides is 3.